The van der Waals surface area contributed by atoms with Crippen LogP contribution in [0.4, 0.5) is 13.2 Å². The van der Waals surface area contributed by atoms with Crippen molar-refractivity contribution in [3.8, 4) is 11.5 Å². The molecule has 1 N–H and O–H groups in total. The summed E-state index contributed by atoms with van der Waals surface area (Å²) in [7, 11) is 2.73. The Bertz CT molecular complexity index is 632. The second-order valence-corrected chi connectivity index (χ2v) is 5.50. The van der Waals surface area contributed by atoms with E-state index in [1.165, 1.54) is 26.4 Å². The van der Waals surface area contributed by atoms with Crippen LogP contribution < -0.4 is 14.8 Å². The minimum atomic E-state index is -5.03. The van der Waals surface area contributed by atoms with Crippen LogP contribution in [-0.4, -0.2) is 36.9 Å². The number of carbonyl (C=O) groups is 2. The third-order valence-electron chi connectivity index (χ3n) is 3.24. The number of rotatable bonds is 3. The number of hydrogen-bond donors (Lipinski definition) is 1. The fourth-order valence-electron chi connectivity index (χ4n) is 2.20. The highest BCUT2D eigenvalue weighted by molar-refractivity contribution is 9.10. The van der Waals surface area contributed by atoms with Crippen LogP contribution in [0.3, 0.4) is 0 Å². The maximum atomic E-state index is 12.4. The lowest BCUT2D eigenvalue weighted by molar-refractivity contribution is -0.174. The molecule has 2 atom stereocenters. The van der Waals surface area contributed by atoms with E-state index in [2.05, 4.69) is 15.9 Å². The Morgan fingerprint density at radius 1 is 1.23 bits per heavy atom. The Kier molecular flexibility index (Phi) is 4.37. The number of Topliss-reactive ketones (excluding diaryl/α,β-unsaturated/α-hetero) is 1. The van der Waals surface area contributed by atoms with Crippen molar-refractivity contribution < 1.29 is 32.2 Å². The smallest absolute Gasteiger partial charge is 0.471 e. The second kappa shape index (κ2) is 5.79. The molecule has 1 amide bonds. The molecule has 1 aliphatic carbocycles. The molecular formula is C13H11BrF3NO4. The lowest BCUT2D eigenvalue weighted by Crippen LogP contribution is -2.41. The van der Waals surface area contributed by atoms with Crippen molar-refractivity contribution in [2.24, 2.45) is 0 Å². The number of nitrogens with one attached hydrogen (secondary N) is 1. The molecule has 9 heteroatoms. The molecule has 0 fully saturated rings. The summed E-state index contributed by atoms with van der Waals surface area (Å²) in [5.74, 6) is -2.03. The number of benzene rings is 1. The van der Waals surface area contributed by atoms with Gasteiger partial charge in [-0.1, -0.05) is 15.9 Å². The molecule has 1 aromatic rings. The predicted molar refractivity (Wildman–Crippen MR) is 73.5 cm³/mol. The highest BCUT2D eigenvalue weighted by Crippen LogP contribution is 2.42. The molecule has 5 nitrogen and oxygen atoms in total. The zero-order valence-corrected chi connectivity index (χ0v) is 13.0. The van der Waals surface area contributed by atoms with Gasteiger partial charge in [-0.2, -0.15) is 13.2 Å². The zero-order valence-electron chi connectivity index (χ0n) is 11.5. The molecule has 0 bridgehead atoms. The summed E-state index contributed by atoms with van der Waals surface area (Å²) in [6, 6.07) is 1.62. The van der Waals surface area contributed by atoms with Crippen LogP contribution in [0, 0.1) is 0 Å². The van der Waals surface area contributed by atoms with E-state index in [0.717, 1.165) is 0 Å². The second-order valence-electron chi connectivity index (χ2n) is 4.51. The van der Waals surface area contributed by atoms with E-state index >= 15 is 0 Å². The van der Waals surface area contributed by atoms with Gasteiger partial charge in [0.1, 0.15) is 4.83 Å². The van der Waals surface area contributed by atoms with Gasteiger partial charge in [-0.25, -0.2) is 0 Å². The molecule has 0 aliphatic heterocycles. The lowest BCUT2D eigenvalue weighted by Gasteiger charge is -2.18. The quantitative estimate of drug-likeness (QED) is 0.816. The summed E-state index contributed by atoms with van der Waals surface area (Å²) in [5.41, 5.74) is 0.411. The van der Waals surface area contributed by atoms with Gasteiger partial charge in [0, 0.05) is 5.56 Å². The summed E-state index contributed by atoms with van der Waals surface area (Å²) < 4.78 is 47.4. The summed E-state index contributed by atoms with van der Waals surface area (Å²) >= 11 is 3.03. The maximum absolute atomic E-state index is 12.4. The van der Waals surface area contributed by atoms with Gasteiger partial charge in [-0.15, -0.1) is 0 Å². The van der Waals surface area contributed by atoms with Gasteiger partial charge in [-0.3, -0.25) is 9.59 Å². The van der Waals surface area contributed by atoms with Gasteiger partial charge >= 0.3 is 12.1 Å². The molecule has 0 aromatic heterocycles. The van der Waals surface area contributed by atoms with Crippen molar-refractivity contribution in [2.75, 3.05) is 14.2 Å². The molecule has 1 aliphatic rings. The fraction of sp³-hybridized carbons (Fsp3) is 0.385. The monoisotopic (exact) mass is 381 g/mol. The van der Waals surface area contributed by atoms with E-state index in [1.54, 1.807) is 0 Å². The molecule has 22 heavy (non-hydrogen) atoms. The first-order chi connectivity index (χ1) is 10.2. The summed E-state index contributed by atoms with van der Waals surface area (Å²) in [6.07, 6.45) is -5.03. The van der Waals surface area contributed by atoms with Crippen LogP contribution in [0.2, 0.25) is 0 Å². The first-order valence-electron chi connectivity index (χ1n) is 6.02. The summed E-state index contributed by atoms with van der Waals surface area (Å²) in [6.45, 7) is 0. The Labute approximate surface area is 131 Å². The molecule has 0 spiro atoms. The molecular weight excluding hydrogens is 371 g/mol. The third kappa shape index (κ3) is 2.77. The van der Waals surface area contributed by atoms with Crippen LogP contribution in [0.5, 0.6) is 11.5 Å². The van der Waals surface area contributed by atoms with Gasteiger partial charge in [-0.05, 0) is 17.7 Å². The van der Waals surface area contributed by atoms with E-state index < -0.39 is 28.7 Å². The zero-order chi connectivity index (χ0) is 16.7. The molecule has 0 saturated carbocycles. The Balaban J connectivity index is 2.45. The van der Waals surface area contributed by atoms with Crippen molar-refractivity contribution in [3.05, 3.63) is 23.3 Å². The minimum Gasteiger partial charge on any atom is -0.493 e. The van der Waals surface area contributed by atoms with Gasteiger partial charge < -0.3 is 14.8 Å². The number of alkyl halides is 4. The first-order valence-corrected chi connectivity index (χ1v) is 6.94. The highest BCUT2D eigenvalue weighted by atomic mass is 79.9. The van der Waals surface area contributed by atoms with Crippen molar-refractivity contribution in [3.63, 3.8) is 0 Å². The van der Waals surface area contributed by atoms with Crippen molar-refractivity contribution in [1.29, 1.82) is 0 Å². The standard InChI is InChI=1S/C13H11BrF3NO4/c1-21-7-3-5-6(4-8(7)22-2)11(19)9(14)10(5)18-12(20)13(15,16)17/h3-4,9-10H,1-2H3,(H,18,20)/t9-,10-/m1/s1. The first kappa shape index (κ1) is 16.6. The number of methoxy groups -OCH3 is 2. The van der Waals surface area contributed by atoms with Gasteiger partial charge in [0.2, 0.25) is 0 Å². The minimum absolute atomic E-state index is 0.173. The molecule has 0 heterocycles. The summed E-state index contributed by atoms with van der Waals surface area (Å²) in [4.78, 5) is 22.3. The normalized spacial score (nSPS) is 20.5. The lowest BCUT2D eigenvalue weighted by atomic mass is 10.1. The van der Waals surface area contributed by atoms with Crippen LogP contribution in [0.25, 0.3) is 0 Å². The molecule has 120 valence electrons. The Hall–Kier alpha value is -1.77. The van der Waals surface area contributed by atoms with E-state index in [0.29, 0.717) is 0 Å². The molecule has 1 aromatic carbocycles. The van der Waals surface area contributed by atoms with E-state index in [9.17, 15) is 22.8 Å². The number of halogens is 4. The van der Waals surface area contributed by atoms with Gasteiger partial charge in [0.25, 0.3) is 0 Å². The van der Waals surface area contributed by atoms with Crippen LogP contribution in [-0.2, 0) is 4.79 Å². The van der Waals surface area contributed by atoms with Crippen molar-refractivity contribution >= 4 is 27.6 Å². The fourth-order valence-corrected chi connectivity index (χ4v) is 2.86. The Morgan fingerprint density at radius 3 is 2.27 bits per heavy atom. The van der Waals surface area contributed by atoms with Gasteiger partial charge in [0.05, 0.1) is 20.3 Å². The number of ketones is 1. The number of fused-ring (bicyclic) bond motifs is 1. The largest absolute Gasteiger partial charge is 0.493 e. The van der Waals surface area contributed by atoms with Crippen LogP contribution in [0.1, 0.15) is 22.0 Å². The van der Waals surface area contributed by atoms with E-state index in [1.807, 2.05) is 5.32 Å². The number of ether oxygens (including phenoxy) is 2. The molecule has 2 rings (SSSR count). The number of hydrogen-bond acceptors (Lipinski definition) is 4. The highest BCUT2D eigenvalue weighted by Gasteiger charge is 2.45. The SMILES string of the molecule is COc1cc2c(cc1OC)[C@@H](NC(=O)C(F)(F)F)[C@@H](Br)C2=O. The summed E-state index contributed by atoms with van der Waals surface area (Å²) in [5, 5.41) is 1.82. The molecule has 0 radical (unpaired) electrons. The van der Waals surface area contributed by atoms with Gasteiger partial charge in [0.15, 0.2) is 17.3 Å². The van der Waals surface area contributed by atoms with E-state index in [4.69, 9.17) is 9.47 Å². The Morgan fingerprint density at radius 2 is 1.77 bits per heavy atom. The van der Waals surface area contributed by atoms with E-state index in [-0.39, 0.29) is 22.6 Å². The average molecular weight is 382 g/mol. The number of carbonyl (C=O) groups excluding carboxylic acids is 2. The van der Waals surface area contributed by atoms with Crippen molar-refractivity contribution in [1.82, 2.24) is 5.32 Å². The average Bonchev–Trinajstić information content (AvgIpc) is 2.69. The van der Waals surface area contributed by atoms with Crippen LogP contribution in [0.15, 0.2) is 12.1 Å². The predicted octanol–water partition coefficient (Wildman–Crippen LogP) is 2.38. The maximum Gasteiger partial charge on any atom is 0.471 e. The molecule has 0 saturated heterocycles. The molecule has 0 unspecified atom stereocenters. The topological polar surface area (TPSA) is 64.6 Å². The number of amides is 1. The van der Waals surface area contributed by atoms with Crippen LogP contribution >= 0.6 is 15.9 Å². The van der Waals surface area contributed by atoms with Crippen molar-refractivity contribution in [2.45, 2.75) is 17.0 Å². The third-order valence-corrected chi connectivity index (χ3v) is 4.19.